The van der Waals surface area contributed by atoms with Gasteiger partial charge in [0, 0.05) is 6.61 Å². The van der Waals surface area contributed by atoms with E-state index in [-0.39, 0.29) is 12.0 Å². The normalized spacial score (nSPS) is 17.0. The fourth-order valence-electron chi connectivity index (χ4n) is 3.31. The van der Waals surface area contributed by atoms with Gasteiger partial charge in [0.25, 0.3) is 5.91 Å². The molecule has 0 spiro atoms. The molecule has 29 heavy (non-hydrogen) atoms. The number of nitriles is 1. The molecule has 2 heterocycles. The predicted molar refractivity (Wildman–Crippen MR) is 112 cm³/mol. The second-order valence-corrected chi connectivity index (χ2v) is 7.95. The summed E-state index contributed by atoms with van der Waals surface area (Å²) in [6.45, 7) is 2.92. The molecule has 1 aliphatic rings. The minimum atomic E-state index is -0.698. The lowest BCUT2D eigenvalue weighted by Gasteiger charge is -2.26. The maximum Gasteiger partial charge on any atom is 0.269 e. The Labute approximate surface area is 173 Å². The van der Waals surface area contributed by atoms with Gasteiger partial charge in [0.05, 0.1) is 34.5 Å². The van der Waals surface area contributed by atoms with Crippen LogP contribution in [0.1, 0.15) is 25.3 Å². The Kier molecular flexibility index (Phi) is 5.74. The highest BCUT2D eigenvalue weighted by Crippen LogP contribution is 2.30. The first-order chi connectivity index (χ1) is 14.1. The zero-order valence-electron chi connectivity index (χ0n) is 16.1. The molecule has 6 nitrogen and oxygen atoms in total. The van der Waals surface area contributed by atoms with Crippen molar-refractivity contribution in [2.75, 3.05) is 18.1 Å². The minimum absolute atomic E-state index is 0.00748. The molecule has 0 bridgehead atoms. The average Bonchev–Trinajstić information content (AvgIpc) is 3.41. The number of anilines is 1. The van der Waals surface area contributed by atoms with Crippen molar-refractivity contribution in [1.82, 2.24) is 4.98 Å². The van der Waals surface area contributed by atoms with Crippen molar-refractivity contribution in [3.63, 3.8) is 0 Å². The predicted octanol–water partition coefficient (Wildman–Crippen LogP) is 4.15. The van der Waals surface area contributed by atoms with Gasteiger partial charge in [-0.05, 0) is 56.2 Å². The third kappa shape index (κ3) is 4.39. The molecule has 2 atom stereocenters. The number of fused-ring (bicyclic) bond motifs is 1. The van der Waals surface area contributed by atoms with Crippen LogP contribution in [0, 0.1) is 11.3 Å². The van der Waals surface area contributed by atoms with Gasteiger partial charge in [0.15, 0.2) is 11.2 Å². The molecule has 7 heteroatoms. The van der Waals surface area contributed by atoms with Crippen molar-refractivity contribution < 1.29 is 14.3 Å². The first-order valence-electron chi connectivity index (χ1n) is 9.59. The van der Waals surface area contributed by atoms with Crippen LogP contribution in [0.5, 0.6) is 5.75 Å². The molecule has 1 saturated heterocycles. The topological polar surface area (TPSA) is 75.5 Å². The van der Waals surface area contributed by atoms with E-state index in [1.807, 2.05) is 24.3 Å². The highest BCUT2D eigenvalue weighted by Gasteiger charge is 2.30. The van der Waals surface area contributed by atoms with Gasteiger partial charge in [-0.3, -0.25) is 9.69 Å². The Bertz CT molecular complexity index is 1000. The van der Waals surface area contributed by atoms with E-state index in [1.54, 1.807) is 36.1 Å². The molecule has 0 radical (unpaired) electrons. The zero-order valence-corrected chi connectivity index (χ0v) is 16.9. The van der Waals surface area contributed by atoms with Gasteiger partial charge in [-0.25, -0.2) is 4.98 Å². The summed E-state index contributed by atoms with van der Waals surface area (Å²) >= 11 is 1.49. The van der Waals surface area contributed by atoms with Crippen molar-refractivity contribution in [2.45, 2.75) is 32.0 Å². The molecule has 1 aromatic heterocycles. The molecule has 148 valence electrons. The number of thiazole rings is 1. The fourth-order valence-corrected chi connectivity index (χ4v) is 4.29. The largest absolute Gasteiger partial charge is 0.481 e. The van der Waals surface area contributed by atoms with Gasteiger partial charge < -0.3 is 9.47 Å². The van der Waals surface area contributed by atoms with Crippen LogP contribution in [0.3, 0.4) is 0 Å². The van der Waals surface area contributed by atoms with E-state index in [2.05, 4.69) is 11.1 Å². The van der Waals surface area contributed by atoms with Crippen molar-refractivity contribution in [3.8, 4) is 11.8 Å². The second-order valence-electron chi connectivity index (χ2n) is 6.94. The van der Waals surface area contributed by atoms with E-state index in [1.165, 1.54) is 11.3 Å². The Balaban J connectivity index is 1.56. The van der Waals surface area contributed by atoms with Crippen molar-refractivity contribution in [1.29, 1.82) is 5.26 Å². The van der Waals surface area contributed by atoms with E-state index in [9.17, 15) is 4.79 Å². The molecule has 4 rings (SSSR count). The number of hydrogen-bond acceptors (Lipinski definition) is 6. The average molecular weight is 407 g/mol. The summed E-state index contributed by atoms with van der Waals surface area (Å²) < 4.78 is 12.7. The molecule has 1 amide bonds. The summed E-state index contributed by atoms with van der Waals surface area (Å²) in [5.41, 5.74) is 1.42. The van der Waals surface area contributed by atoms with Crippen LogP contribution in [0.25, 0.3) is 10.2 Å². The fraction of sp³-hybridized carbons (Fsp3) is 0.318. The lowest BCUT2D eigenvalue weighted by molar-refractivity contribution is -0.125. The summed E-state index contributed by atoms with van der Waals surface area (Å²) in [6, 6.07) is 16.7. The molecule has 3 aromatic rings. The third-order valence-corrected chi connectivity index (χ3v) is 5.89. The highest BCUT2D eigenvalue weighted by molar-refractivity contribution is 7.22. The Hall–Kier alpha value is -2.95. The molecule has 0 N–H and O–H groups in total. The Morgan fingerprint density at radius 2 is 2.14 bits per heavy atom. The zero-order chi connectivity index (χ0) is 20.2. The number of amides is 1. The number of nitrogens with zero attached hydrogens (tertiary/aromatic N) is 3. The molecular formula is C22H21N3O3S. The molecular weight excluding hydrogens is 386 g/mol. The monoisotopic (exact) mass is 407 g/mol. The number of carbonyl (C=O) groups excluding carboxylic acids is 1. The van der Waals surface area contributed by atoms with Gasteiger partial charge in [-0.15, -0.1) is 0 Å². The van der Waals surface area contributed by atoms with Crippen LogP contribution in [0.15, 0.2) is 48.5 Å². The van der Waals surface area contributed by atoms with Gasteiger partial charge in [-0.1, -0.05) is 23.5 Å². The molecule has 1 aliphatic heterocycles. The van der Waals surface area contributed by atoms with E-state index >= 15 is 0 Å². The van der Waals surface area contributed by atoms with E-state index in [0.29, 0.717) is 23.0 Å². The first-order valence-corrected chi connectivity index (χ1v) is 10.4. The number of para-hydroxylation sites is 1. The standard InChI is InChI=1S/C22H21N3O3S/c1-15(28-17-10-8-16(13-23)9-11-17)21(26)25(14-18-5-4-12-27-18)22-24-19-6-2-3-7-20(19)29-22/h2-3,6-11,15,18H,4-5,12,14H2,1H3. The van der Waals surface area contributed by atoms with E-state index in [4.69, 9.17) is 14.7 Å². The Morgan fingerprint density at radius 3 is 2.83 bits per heavy atom. The van der Waals surface area contributed by atoms with Crippen molar-refractivity contribution in [2.24, 2.45) is 0 Å². The highest BCUT2D eigenvalue weighted by atomic mass is 32.1. The number of carbonyl (C=O) groups is 1. The Morgan fingerprint density at radius 1 is 1.34 bits per heavy atom. The van der Waals surface area contributed by atoms with Crippen LogP contribution < -0.4 is 9.64 Å². The van der Waals surface area contributed by atoms with Crippen LogP contribution in [0.4, 0.5) is 5.13 Å². The SMILES string of the molecule is CC(Oc1ccc(C#N)cc1)C(=O)N(CC1CCCO1)c1nc2ccccc2s1. The summed E-state index contributed by atoms with van der Waals surface area (Å²) in [5, 5.41) is 9.58. The van der Waals surface area contributed by atoms with Crippen LogP contribution in [0.2, 0.25) is 0 Å². The van der Waals surface area contributed by atoms with Crippen LogP contribution in [-0.2, 0) is 9.53 Å². The van der Waals surface area contributed by atoms with Crippen molar-refractivity contribution in [3.05, 3.63) is 54.1 Å². The molecule has 0 aliphatic carbocycles. The van der Waals surface area contributed by atoms with Crippen LogP contribution in [-0.4, -0.2) is 36.3 Å². The van der Waals surface area contributed by atoms with Gasteiger partial charge in [-0.2, -0.15) is 5.26 Å². The van der Waals surface area contributed by atoms with Gasteiger partial charge in [0.1, 0.15) is 5.75 Å². The maximum absolute atomic E-state index is 13.3. The summed E-state index contributed by atoms with van der Waals surface area (Å²) in [5.74, 6) is 0.384. The van der Waals surface area contributed by atoms with Gasteiger partial charge >= 0.3 is 0 Å². The summed E-state index contributed by atoms with van der Waals surface area (Å²) in [4.78, 5) is 19.6. The van der Waals surface area contributed by atoms with E-state index < -0.39 is 6.10 Å². The molecule has 2 unspecified atom stereocenters. The number of rotatable bonds is 6. The minimum Gasteiger partial charge on any atom is -0.481 e. The quantitative estimate of drug-likeness (QED) is 0.614. The summed E-state index contributed by atoms with van der Waals surface area (Å²) in [6.07, 6.45) is 1.24. The molecule has 0 saturated carbocycles. The second kappa shape index (κ2) is 8.60. The molecule has 2 aromatic carbocycles. The number of ether oxygens (including phenoxy) is 2. The summed E-state index contributed by atoms with van der Waals surface area (Å²) in [7, 11) is 0. The number of hydrogen-bond donors (Lipinski definition) is 0. The van der Waals surface area contributed by atoms with E-state index in [0.717, 1.165) is 29.7 Å². The number of benzene rings is 2. The van der Waals surface area contributed by atoms with Crippen molar-refractivity contribution >= 4 is 32.6 Å². The van der Waals surface area contributed by atoms with Crippen LogP contribution >= 0.6 is 11.3 Å². The lowest BCUT2D eigenvalue weighted by Crippen LogP contribution is -2.44. The smallest absolute Gasteiger partial charge is 0.269 e. The maximum atomic E-state index is 13.3. The van der Waals surface area contributed by atoms with Gasteiger partial charge in [0.2, 0.25) is 0 Å². The lowest BCUT2D eigenvalue weighted by atomic mass is 10.2. The number of aromatic nitrogens is 1. The molecule has 1 fully saturated rings. The third-order valence-electron chi connectivity index (χ3n) is 4.83. The first kappa shape index (κ1) is 19.4.